The number of carbonyl (C=O) groups excluding carboxylic acids is 1. The number of carbonyl (C=O) groups is 1. The molecule has 7 nitrogen and oxygen atoms in total. The smallest absolute Gasteiger partial charge is 0.267 e. The summed E-state index contributed by atoms with van der Waals surface area (Å²) in [6.07, 6.45) is 5.58. The molecule has 4 rings (SSSR count). The minimum atomic E-state index is -0.197. The minimum absolute atomic E-state index is 0.184. The van der Waals surface area contributed by atoms with E-state index in [0.29, 0.717) is 45.3 Å². The molecule has 2 fully saturated rings. The second-order valence-corrected chi connectivity index (χ2v) is 9.28. The van der Waals surface area contributed by atoms with Crippen molar-refractivity contribution in [2.45, 2.75) is 19.8 Å². The number of ether oxygens (including phenoxy) is 1. The van der Waals surface area contributed by atoms with Gasteiger partial charge in [0.25, 0.3) is 11.5 Å². The maximum atomic E-state index is 13.4. The molecule has 2 saturated heterocycles. The van der Waals surface area contributed by atoms with Gasteiger partial charge >= 0.3 is 0 Å². The second-order valence-electron chi connectivity index (χ2n) is 7.60. The van der Waals surface area contributed by atoms with Crippen LogP contribution in [0.25, 0.3) is 11.7 Å². The molecule has 4 heterocycles. The number of nitrogens with zero attached hydrogens (tertiary/aromatic N) is 4. The normalized spacial score (nSPS) is 21.3. The van der Waals surface area contributed by atoms with Gasteiger partial charge in [-0.2, -0.15) is 0 Å². The highest BCUT2D eigenvalue weighted by molar-refractivity contribution is 8.26. The van der Waals surface area contributed by atoms with Crippen molar-refractivity contribution >= 4 is 51.7 Å². The van der Waals surface area contributed by atoms with E-state index in [1.807, 2.05) is 12.1 Å². The maximum Gasteiger partial charge on any atom is 0.267 e. The summed E-state index contributed by atoms with van der Waals surface area (Å²) in [7, 11) is 1.58. The lowest BCUT2D eigenvalue weighted by molar-refractivity contribution is -0.122. The first kappa shape index (κ1) is 21.0. The van der Waals surface area contributed by atoms with Crippen molar-refractivity contribution in [2.24, 2.45) is 5.92 Å². The Hall–Kier alpha value is -2.23. The van der Waals surface area contributed by atoms with Gasteiger partial charge in [-0.3, -0.25) is 18.9 Å². The SMILES string of the molecule is COCCN1C(=O)/C(=C/c2c(N3CCC[C@@H](C)C3)nc3ccccn3c2=O)SC1=S. The zero-order chi connectivity index (χ0) is 21.3. The number of amides is 1. The number of thioether (sulfide) groups is 1. The van der Waals surface area contributed by atoms with Gasteiger partial charge in [0, 0.05) is 26.4 Å². The van der Waals surface area contributed by atoms with Crippen molar-refractivity contribution in [1.82, 2.24) is 14.3 Å². The quantitative estimate of drug-likeness (QED) is 0.519. The second kappa shape index (κ2) is 8.87. The summed E-state index contributed by atoms with van der Waals surface area (Å²) in [5.41, 5.74) is 0.844. The molecule has 1 atom stereocenters. The van der Waals surface area contributed by atoms with Gasteiger partial charge in [-0.1, -0.05) is 37.0 Å². The van der Waals surface area contributed by atoms with Crippen molar-refractivity contribution in [1.29, 1.82) is 0 Å². The van der Waals surface area contributed by atoms with Crippen LogP contribution in [0.3, 0.4) is 0 Å². The Labute approximate surface area is 184 Å². The van der Waals surface area contributed by atoms with Crippen LogP contribution < -0.4 is 10.5 Å². The first-order chi connectivity index (χ1) is 14.5. The fraction of sp³-hybridized carbons (Fsp3) is 0.429. The van der Waals surface area contributed by atoms with E-state index in [0.717, 1.165) is 25.9 Å². The van der Waals surface area contributed by atoms with Crippen LogP contribution in [0, 0.1) is 5.92 Å². The fourth-order valence-corrected chi connectivity index (χ4v) is 5.14. The van der Waals surface area contributed by atoms with Crippen molar-refractivity contribution in [3.63, 3.8) is 0 Å². The molecule has 0 aromatic carbocycles. The molecule has 2 aliphatic rings. The molecule has 0 N–H and O–H groups in total. The van der Waals surface area contributed by atoms with Crippen LogP contribution in [-0.2, 0) is 9.53 Å². The Morgan fingerprint density at radius 2 is 2.20 bits per heavy atom. The molecule has 0 radical (unpaired) electrons. The number of methoxy groups -OCH3 is 1. The van der Waals surface area contributed by atoms with Crippen molar-refractivity contribution in [3.05, 3.63) is 45.2 Å². The van der Waals surface area contributed by atoms with Gasteiger partial charge in [0.1, 0.15) is 15.8 Å². The Morgan fingerprint density at radius 3 is 2.97 bits per heavy atom. The predicted molar refractivity (Wildman–Crippen MR) is 124 cm³/mol. The monoisotopic (exact) mass is 444 g/mol. The van der Waals surface area contributed by atoms with Crippen LogP contribution in [-0.4, -0.2) is 57.9 Å². The Morgan fingerprint density at radius 1 is 1.37 bits per heavy atom. The highest BCUT2D eigenvalue weighted by atomic mass is 32.2. The molecule has 158 valence electrons. The lowest BCUT2D eigenvalue weighted by Gasteiger charge is -2.32. The third-order valence-corrected chi connectivity index (χ3v) is 6.75. The summed E-state index contributed by atoms with van der Waals surface area (Å²) in [5, 5.41) is 0. The largest absolute Gasteiger partial charge is 0.383 e. The highest BCUT2D eigenvalue weighted by Gasteiger charge is 2.33. The van der Waals surface area contributed by atoms with Gasteiger partial charge in [-0.25, -0.2) is 4.98 Å². The van der Waals surface area contributed by atoms with Crippen LogP contribution in [0.1, 0.15) is 25.3 Å². The number of piperidine rings is 1. The van der Waals surface area contributed by atoms with Crippen molar-refractivity contribution < 1.29 is 9.53 Å². The summed E-state index contributed by atoms with van der Waals surface area (Å²) in [6, 6.07) is 5.49. The van der Waals surface area contributed by atoms with Gasteiger partial charge in [0.05, 0.1) is 23.6 Å². The predicted octanol–water partition coefficient (Wildman–Crippen LogP) is 2.78. The highest BCUT2D eigenvalue weighted by Crippen LogP contribution is 2.34. The molecule has 0 bridgehead atoms. The van der Waals surface area contributed by atoms with Gasteiger partial charge in [-0.05, 0) is 37.0 Å². The molecule has 0 unspecified atom stereocenters. The van der Waals surface area contributed by atoms with E-state index in [4.69, 9.17) is 21.9 Å². The number of anilines is 1. The van der Waals surface area contributed by atoms with Gasteiger partial charge in [-0.15, -0.1) is 0 Å². The van der Waals surface area contributed by atoms with E-state index in [-0.39, 0.29) is 11.5 Å². The number of pyridine rings is 1. The van der Waals surface area contributed by atoms with E-state index >= 15 is 0 Å². The van der Waals surface area contributed by atoms with E-state index in [1.165, 1.54) is 21.1 Å². The maximum absolute atomic E-state index is 13.4. The van der Waals surface area contributed by atoms with E-state index in [9.17, 15) is 9.59 Å². The zero-order valence-corrected chi connectivity index (χ0v) is 18.7. The summed E-state index contributed by atoms with van der Waals surface area (Å²) in [5.74, 6) is 0.965. The molecule has 2 aromatic rings. The van der Waals surface area contributed by atoms with Crippen molar-refractivity contribution in [3.8, 4) is 0 Å². The standard InChI is InChI=1S/C21H24N4O3S2/c1-14-6-5-8-23(13-14)18-15(19(26)24-9-4-3-7-17(24)22-18)12-16-20(27)25(10-11-28-2)21(29)30-16/h3-4,7,9,12,14H,5-6,8,10-11,13H2,1-2H3/b16-12-/t14-/m1/s1. The Balaban J connectivity index is 1.81. The third-order valence-electron chi connectivity index (χ3n) is 5.37. The molecular weight excluding hydrogens is 420 g/mol. The third kappa shape index (κ3) is 4.01. The summed E-state index contributed by atoms with van der Waals surface area (Å²) in [4.78, 5) is 35.2. The molecule has 0 aliphatic carbocycles. The zero-order valence-electron chi connectivity index (χ0n) is 17.0. The number of rotatable bonds is 5. The topological polar surface area (TPSA) is 67.2 Å². The fourth-order valence-electron chi connectivity index (χ4n) is 3.85. The summed E-state index contributed by atoms with van der Waals surface area (Å²) >= 11 is 6.59. The number of aromatic nitrogens is 2. The average molecular weight is 445 g/mol. The number of hydrogen-bond donors (Lipinski definition) is 0. The van der Waals surface area contributed by atoms with Crippen LogP contribution in [0.15, 0.2) is 34.1 Å². The average Bonchev–Trinajstić information content (AvgIpc) is 3.01. The van der Waals surface area contributed by atoms with E-state index in [1.54, 1.807) is 25.4 Å². The van der Waals surface area contributed by atoms with Crippen LogP contribution >= 0.6 is 24.0 Å². The van der Waals surface area contributed by atoms with E-state index < -0.39 is 0 Å². The molecule has 0 spiro atoms. The van der Waals surface area contributed by atoms with Gasteiger partial charge in [0.15, 0.2) is 0 Å². The summed E-state index contributed by atoms with van der Waals surface area (Å²) in [6.45, 7) is 4.68. The molecule has 2 aliphatic heterocycles. The molecule has 1 amide bonds. The lowest BCUT2D eigenvalue weighted by atomic mass is 10.00. The number of thiocarbonyl (C=S) groups is 1. The first-order valence-electron chi connectivity index (χ1n) is 10.00. The molecule has 9 heteroatoms. The number of fused-ring (bicyclic) bond motifs is 1. The Bertz CT molecular complexity index is 1080. The molecular formula is C21H24N4O3S2. The minimum Gasteiger partial charge on any atom is -0.383 e. The molecule has 30 heavy (non-hydrogen) atoms. The van der Waals surface area contributed by atoms with Crippen LogP contribution in [0.4, 0.5) is 5.82 Å². The van der Waals surface area contributed by atoms with E-state index in [2.05, 4.69) is 11.8 Å². The van der Waals surface area contributed by atoms with Gasteiger partial charge in [0.2, 0.25) is 0 Å². The number of hydrogen-bond acceptors (Lipinski definition) is 7. The van der Waals surface area contributed by atoms with Crippen LogP contribution in [0.5, 0.6) is 0 Å². The Kier molecular flexibility index (Phi) is 6.21. The van der Waals surface area contributed by atoms with Crippen molar-refractivity contribution in [2.75, 3.05) is 38.3 Å². The van der Waals surface area contributed by atoms with Crippen LogP contribution in [0.2, 0.25) is 0 Å². The molecule has 2 aromatic heterocycles. The molecule has 0 saturated carbocycles. The lowest BCUT2D eigenvalue weighted by Crippen LogP contribution is -2.37. The first-order valence-corrected chi connectivity index (χ1v) is 11.2. The summed E-state index contributed by atoms with van der Waals surface area (Å²) < 4.78 is 7.08. The van der Waals surface area contributed by atoms with Gasteiger partial charge < -0.3 is 9.64 Å².